The number of thiazole rings is 1. The number of nitrogens with zero attached hydrogens (tertiary/aromatic N) is 2. The van der Waals surface area contributed by atoms with Crippen LogP contribution in [-0.2, 0) is 20.8 Å². The predicted molar refractivity (Wildman–Crippen MR) is 93.6 cm³/mol. The molecule has 154 valence electrons. The molecule has 3 heterocycles. The smallest absolute Gasteiger partial charge is 0.475 e. The van der Waals surface area contributed by atoms with Crippen molar-refractivity contribution in [3.8, 4) is 0 Å². The number of carbonyl (C=O) groups is 1. The summed E-state index contributed by atoms with van der Waals surface area (Å²) in [7, 11) is 0. The number of hydrogen-bond donors (Lipinski definition) is 1. The van der Waals surface area contributed by atoms with Crippen LogP contribution >= 0.6 is 11.3 Å². The highest BCUT2D eigenvalue weighted by Gasteiger charge is 2.46. The SMILES string of the molecule is CCOCC12CCCOC1CCN(Cc1nccs1)C2.O=C(O)C(F)(F)F. The van der Waals surface area contributed by atoms with E-state index in [0.29, 0.717) is 6.10 Å². The largest absolute Gasteiger partial charge is 0.490 e. The Hall–Kier alpha value is -1.23. The highest BCUT2D eigenvalue weighted by atomic mass is 32.1. The van der Waals surface area contributed by atoms with Crippen LogP contribution < -0.4 is 0 Å². The average Bonchev–Trinajstić information content (AvgIpc) is 3.12. The van der Waals surface area contributed by atoms with Gasteiger partial charge in [0.2, 0.25) is 0 Å². The second kappa shape index (κ2) is 9.81. The molecule has 0 spiro atoms. The Morgan fingerprint density at radius 1 is 1.56 bits per heavy atom. The number of carboxylic acid groups (broad SMARTS) is 1. The van der Waals surface area contributed by atoms with Gasteiger partial charge in [-0.2, -0.15) is 13.2 Å². The fourth-order valence-electron chi connectivity index (χ4n) is 3.56. The Kier molecular flexibility index (Phi) is 8.02. The van der Waals surface area contributed by atoms with Gasteiger partial charge in [-0.05, 0) is 26.2 Å². The fourth-order valence-corrected chi connectivity index (χ4v) is 4.21. The molecule has 2 fully saturated rings. The minimum atomic E-state index is -5.08. The second-order valence-electron chi connectivity index (χ2n) is 6.69. The van der Waals surface area contributed by atoms with Crippen molar-refractivity contribution in [3.63, 3.8) is 0 Å². The summed E-state index contributed by atoms with van der Waals surface area (Å²) in [4.78, 5) is 15.8. The molecule has 2 aliphatic rings. The van der Waals surface area contributed by atoms with Crippen molar-refractivity contribution in [2.75, 3.05) is 32.9 Å². The molecule has 3 rings (SSSR count). The van der Waals surface area contributed by atoms with E-state index < -0.39 is 12.1 Å². The first-order valence-electron chi connectivity index (χ1n) is 8.87. The first-order chi connectivity index (χ1) is 12.8. The molecule has 1 aromatic rings. The predicted octanol–water partition coefficient (Wildman–Crippen LogP) is 3.18. The Balaban J connectivity index is 0.000000321. The summed E-state index contributed by atoms with van der Waals surface area (Å²) in [5.41, 5.74) is 0.198. The number of ether oxygens (including phenoxy) is 2. The minimum absolute atomic E-state index is 0.198. The number of halogens is 3. The summed E-state index contributed by atoms with van der Waals surface area (Å²) in [5.74, 6) is -2.76. The van der Waals surface area contributed by atoms with Gasteiger partial charge in [0.05, 0.1) is 19.3 Å². The number of piperidine rings is 1. The molecule has 27 heavy (non-hydrogen) atoms. The van der Waals surface area contributed by atoms with Crippen molar-refractivity contribution < 1.29 is 32.5 Å². The molecule has 2 aliphatic heterocycles. The molecule has 6 nitrogen and oxygen atoms in total. The van der Waals surface area contributed by atoms with Gasteiger partial charge in [0.15, 0.2) is 0 Å². The quantitative estimate of drug-likeness (QED) is 0.804. The van der Waals surface area contributed by atoms with Crippen LogP contribution in [-0.4, -0.2) is 66.2 Å². The van der Waals surface area contributed by atoms with E-state index in [1.165, 1.54) is 11.4 Å². The van der Waals surface area contributed by atoms with E-state index in [9.17, 15) is 13.2 Å². The lowest BCUT2D eigenvalue weighted by molar-refractivity contribution is -0.192. The fraction of sp³-hybridized carbons (Fsp3) is 0.765. The Morgan fingerprint density at radius 3 is 2.89 bits per heavy atom. The Morgan fingerprint density at radius 2 is 2.30 bits per heavy atom. The molecule has 0 aliphatic carbocycles. The third-order valence-corrected chi connectivity index (χ3v) is 5.51. The minimum Gasteiger partial charge on any atom is -0.475 e. The average molecular weight is 410 g/mol. The maximum atomic E-state index is 10.6. The molecular formula is C17H25F3N2O4S. The molecule has 1 aromatic heterocycles. The first kappa shape index (κ1) is 22.1. The maximum absolute atomic E-state index is 10.6. The van der Waals surface area contributed by atoms with Gasteiger partial charge in [0.1, 0.15) is 5.01 Å². The van der Waals surface area contributed by atoms with E-state index in [4.69, 9.17) is 19.4 Å². The highest BCUT2D eigenvalue weighted by Crippen LogP contribution is 2.40. The van der Waals surface area contributed by atoms with Crippen LogP contribution in [0.25, 0.3) is 0 Å². The monoisotopic (exact) mass is 410 g/mol. The molecule has 0 bridgehead atoms. The van der Waals surface area contributed by atoms with Crippen LogP contribution in [0, 0.1) is 5.41 Å². The zero-order valence-electron chi connectivity index (χ0n) is 15.2. The zero-order valence-corrected chi connectivity index (χ0v) is 16.0. The molecule has 2 atom stereocenters. The third kappa shape index (κ3) is 6.41. The number of alkyl halides is 3. The molecule has 1 N–H and O–H groups in total. The van der Waals surface area contributed by atoms with E-state index in [1.54, 1.807) is 11.3 Å². The summed E-state index contributed by atoms with van der Waals surface area (Å²) in [6.45, 7) is 7.79. The number of aromatic nitrogens is 1. The lowest BCUT2D eigenvalue weighted by Gasteiger charge is -2.50. The van der Waals surface area contributed by atoms with Gasteiger partial charge < -0.3 is 14.6 Å². The van der Waals surface area contributed by atoms with E-state index in [2.05, 4.69) is 22.2 Å². The van der Waals surface area contributed by atoms with E-state index in [1.807, 2.05) is 6.20 Å². The van der Waals surface area contributed by atoms with Gasteiger partial charge in [0, 0.05) is 43.3 Å². The van der Waals surface area contributed by atoms with Crippen LogP contribution in [0.3, 0.4) is 0 Å². The Bertz CT molecular complexity index is 585. The molecule has 0 radical (unpaired) electrons. The number of aliphatic carboxylic acids is 1. The van der Waals surface area contributed by atoms with Crippen molar-refractivity contribution in [2.45, 2.75) is 45.0 Å². The van der Waals surface area contributed by atoms with Crippen molar-refractivity contribution in [3.05, 3.63) is 16.6 Å². The van der Waals surface area contributed by atoms with Gasteiger partial charge >= 0.3 is 12.1 Å². The topological polar surface area (TPSA) is 71.9 Å². The van der Waals surface area contributed by atoms with Crippen LogP contribution in [0.5, 0.6) is 0 Å². The van der Waals surface area contributed by atoms with E-state index in [-0.39, 0.29) is 5.41 Å². The number of rotatable bonds is 5. The van der Waals surface area contributed by atoms with Crippen LogP contribution in [0.4, 0.5) is 13.2 Å². The van der Waals surface area contributed by atoms with Crippen molar-refractivity contribution >= 4 is 17.3 Å². The van der Waals surface area contributed by atoms with Crippen LogP contribution in [0.15, 0.2) is 11.6 Å². The summed E-state index contributed by atoms with van der Waals surface area (Å²) >= 11 is 1.75. The lowest BCUT2D eigenvalue weighted by atomic mass is 9.73. The number of fused-ring (bicyclic) bond motifs is 1. The van der Waals surface area contributed by atoms with Gasteiger partial charge in [-0.15, -0.1) is 11.3 Å². The van der Waals surface area contributed by atoms with E-state index >= 15 is 0 Å². The zero-order chi connectivity index (χ0) is 19.9. The molecule has 0 saturated carbocycles. The molecule has 0 amide bonds. The summed E-state index contributed by atoms with van der Waals surface area (Å²) in [6, 6.07) is 0. The van der Waals surface area contributed by atoms with Gasteiger partial charge in [-0.3, -0.25) is 4.90 Å². The maximum Gasteiger partial charge on any atom is 0.490 e. The number of likely N-dealkylation sites (tertiary alicyclic amines) is 1. The number of carboxylic acids is 1. The summed E-state index contributed by atoms with van der Waals surface area (Å²) < 4.78 is 43.6. The summed E-state index contributed by atoms with van der Waals surface area (Å²) in [5, 5.41) is 10.4. The van der Waals surface area contributed by atoms with Gasteiger partial charge in [-0.1, -0.05) is 0 Å². The molecule has 0 aromatic carbocycles. The normalized spacial score (nSPS) is 26.0. The standard InChI is InChI=1S/C15H24N2O2S.C2HF3O2/c1-2-18-12-15-5-3-8-19-13(15)4-7-17(11-15)10-14-16-6-9-20-14;3-2(4,5)1(6)7/h6,9,13H,2-5,7-8,10-12H2,1H3;(H,6,7). The molecular weight excluding hydrogens is 385 g/mol. The first-order valence-corrected chi connectivity index (χ1v) is 9.75. The summed E-state index contributed by atoms with van der Waals surface area (Å²) in [6.07, 6.45) is 0.710. The van der Waals surface area contributed by atoms with E-state index in [0.717, 1.165) is 52.3 Å². The number of hydrogen-bond acceptors (Lipinski definition) is 6. The van der Waals surface area contributed by atoms with Crippen LogP contribution in [0.2, 0.25) is 0 Å². The second-order valence-corrected chi connectivity index (χ2v) is 7.67. The highest BCUT2D eigenvalue weighted by molar-refractivity contribution is 7.09. The van der Waals surface area contributed by atoms with Gasteiger partial charge in [-0.25, -0.2) is 9.78 Å². The third-order valence-electron chi connectivity index (χ3n) is 4.75. The molecule has 10 heteroatoms. The molecule has 2 saturated heterocycles. The lowest BCUT2D eigenvalue weighted by Crippen LogP contribution is -2.56. The van der Waals surface area contributed by atoms with Crippen molar-refractivity contribution in [2.24, 2.45) is 5.41 Å². The van der Waals surface area contributed by atoms with Crippen molar-refractivity contribution in [1.29, 1.82) is 0 Å². The molecule has 2 unspecified atom stereocenters. The van der Waals surface area contributed by atoms with Crippen LogP contribution in [0.1, 0.15) is 31.2 Å². The Labute approximate surface area is 160 Å². The van der Waals surface area contributed by atoms with Gasteiger partial charge in [0.25, 0.3) is 0 Å². The van der Waals surface area contributed by atoms with Crippen molar-refractivity contribution in [1.82, 2.24) is 9.88 Å².